The molecule has 0 saturated heterocycles. The van der Waals surface area contributed by atoms with Gasteiger partial charge in [0.1, 0.15) is 0 Å². The van der Waals surface area contributed by atoms with Gasteiger partial charge in [-0.15, -0.1) is 0 Å². The molecule has 1 nitrogen and oxygen atoms in total. The van der Waals surface area contributed by atoms with E-state index in [1.807, 2.05) is 0 Å². The molecule has 0 fully saturated rings. The topological polar surface area (TPSA) is 3.24 Å². The summed E-state index contributed by atoms with van der Waals surface area (Å²) in [5.41, 5.74) is 19.8. The molecule has 0 radical (unpaired) electrons. The van der Waals surface area contributed by atoms with E-state index in [1.54, 1.807) is 0 Å². The summed E-state index contributed by atoms with van der Waals surface area (Å²) in [6.45, 7) is 11.1. The van der Waals surface area contributed by atoms with Crippen LogP contribution in [0.2, 0.25) is 0 Å². The molecule has 0 aliphatic carbocycles. The van der Waals surface area contributed by atoms with E-state index in [-0.39, 0.29) is 0 Å². The van der Waals surface area contributed by atoms with Gasteiger partial charge in [0.15, 0.2) is 0 Å². The number of hydrogen-bond acceptors (Lipinski definition) is 1. The molecule has 52 heavy (non-hydrogen) atoms. The second-order valence-electron chi connectivity index (χ2n) is 13.8. The van der Waals surface area contributed by atoms with E-state index >= 15 is 0 Å². The fraction of sp³-hybridized carbons (Fsp3) is 0.143. The monoisotopic (exact) mass is 803 g/mol. The maximum atomic E-state index is 3.63. The lowest BCUT2D eigenvalue weighted by atomic mass is 9.89. The van der Waals surface area contributed by atoms with Crippen molar-refractivity contribution in [2.45, 2.75) is 47.5 Å². The van der Waals surface area contributed by atoms with Gasteiger partial charge in [-0.25, -0.2) is 0 Å². The van der Waals surface area contributed by atoms with Crippen molar-refractivity contribution in [3.05, 3.63) is 182 Å². The van der Waals surface area contributed by atoms with Crippen molar-refractivity contribution in [3.8, 4) is 44.5 Å². The minimum absolute atomic E-state index is 1.08. The van der Waals surface area contributed by atoms with Gasteiger partial charge in [-0.1, -0.05) is 130 Å². The molecule has 0 heterocycles. The van der Waals surface area contributed by atoms with Crippen molar-refractivity contribution in [3.63, 3.8) is 0 Å². The molecule has 0 saturated carbocycles. The van der Waals surface area contributed by atoms with Gasteiger partial charge in [0, 0.05) is 26.0 Å². The lowest BCUT2D eigenvalue weighted by molar-refractivity contribution is 0.922. The summed E-state index contributed by atoms with van der Waals surface area (Å²) in [6.07, 6.45) is 2.27. The van der Waals surface area contributed by atoms with Crippen LogP contribution in [0.4, 0.5) is 17.1 Å². The molecule has 0 spiro atoms. The molecule has 7 aromatic carbocycles. The summed E-state index contributed by atoms with van der Waals surface area (Å²) in [7, 11) is 0. The molecule has 7 rings (SSSR count). The Labute approximate surface area is 326 Å². The average Bonchev–Trinajstić information content (AvgIpc) is 3.14. The molecule has 0 amide bonds. The summed E-state index contributed by atoms with van der Waals surface area (Å²) in [6, 6.07) is 53.6. The number of nitrogens with zero attached hydrogens (tertiary/aromatic N) is 1. The first-order valence-corrected chi connectivity index (χ1v) is 19.6. The van der Waals surface area contributed by atoms with Crippen LogP contribution in [0.5, 0.6) is 0 Å². The third-order valence-corrected chi connectivity index (χ3v) is 11.1. The molecular weight excluding hydrogens is 762 g/mol. The predicted molar refractivity (Wildman–Crippen MR) is 231 cm³/mol. The molecule has 0 bridgehead atoms. The SMILES string of the molecule is CCCc1ccc(-c2ccc(N(c3ccc(-c4ccc(Br)cc4)cc3)c3ccc(-c4cc(C)c(-c5ccc(Br)cc5C)cc4C)c(C)c3)cc2)cc1. The first-order chi connectivity index (χ1) is 25.2. The van der Waals surface area contributed by atoms with Gasteiger partial charge < -0.3 is 4.90 Å². The highest BCUT2D eigenvalue weighted by molar-refractivity contribution is 9.10. The summed E-state index contributed by atoms with van der Waals surface area (Å²) < 4.78 is 2.19. The third kappa shape index (κ3) is 7.58. The van der Waals surface area contributed by atoms with Gasteiger partial charge in [-0.3, -0.25) is 0 Å². The van der Waals surface area contributed by atoms with Gasteiger partial charge in [0.2, 0.25) is 0 Å². The molecule has 0 unspecified atom stereocenters. The molecule has 0 aliphatic rings. The second kappa shape index (κ2) is 15.5. The number of rotatable bonds is 9. The van der Waals surface area contributed by atoms with Crippen molar-refractivity contribution in [2.75, 3.05) is 4.90 Å². The Morgan fingerprint density at radius 3 is 1.23 bits per heavy atom. The zero-order valence-electron chi connectivity index (χ0n) is 30.5. The molecule has 0 aromatic heterocycles. The Balaban J connectivity index is 1.26. The highest BCUT2D eigenvalue weighted by Gasteiger charge is 2.17. The van der Waals surface area contributed by atoms with Crippen LogP contribution in [0.3, 0.4) is 0 Å². The quantitative estimate of drug-likeness (QED) is 0.140. The Morgan fingerprint density at radius 1 is 0.385 bits per heavy atom. The zero-order chi connectivity index (χ0) is 36.4. The number of hydrogen-bond donors (Lipinski definition) is 0. The van der Waals surface area contributed by atoms with Crippen LogP contribution in [0.15, 0.2) is 155 Å². The minimum atomic E-state index is 1.08. The maximum absolute atomic E-state index is 3.63. The molecule has 0 aliphatic heterocycles. The highest BCUT2D eigenvalue weighted by Crippen LogP contribution is 2.40. The minimum Gasteiger partial charge on any atom is -0.310 e. The van der Waals surface area contributed by atoms with Gasteiger partial charge >= 0.3 is 0 Å². The molecular formula is C49H43Br2N. The first kappa shape index (κ1) is 35.7. The Bertz CT molecular complexity index is 2340. The third-order valence-electron chi connectivity index (χ3n) is 10.1. The summed E-state index contributed by atoms with van der Waals surface area (Å²) >= 11 is 7.20. The standard InChI is InChI=1S/C49H43Br2N/c1-6-7-36-8-10-37(11-9-36)39-14-21-43(22-15-39)52(44-23-16-40(17-24-44)38-12-18-41(50)19-13-38)45-25-27-47(33(3)29-45)49-31-34(4)48(30-35(49)5)46-26-20-42(51)28-32(46)2/h8-31H,6-7H2,1-5H3. The van der Waals surface area contributed by atoms with Gasteiger partial charge in [-0.2, -0.15) is 0 Å². The summed E-state index contributed by atoms with van der Waals surface area (Å²) in [4.78, 5) is 2.37. The van der Waals surface area contributed by atoms with Crippen molar-refractivity contribution in [1.29, 1.82) is 0 Å². The average molecular weight is 806 g/mol. The van der Waals surface area contributed by atoms with Crippen molar-refractivity contribution < 1.29 is 0 Å². The van der Waals surface area contributed by atoms with Crippen LogP contribution < -0.4 is 4.90 Å². The van der Waals surface area contributed by atoms with Gasteiger partial charge in [0.05, 0.1) is 0 Å². The first-order valence-electron chi connectivity index (χ1n) is 18.0. The van der Waals surface area contributed by atoms with Crippen LogP contribution in [0, 0.1) is 27.7 Å². The fourth-order valence-electron chi connectivity index (χ4n) is 7.26. The summed E-state index contributed by atoms with van der Waals surface area (Å²) in [5.74, 6) is 0. The van der Waals surface area contributed by atoms with Crippen LogP contribution >= 0.6 is 31.9 Å². The molecule has 258 valence electrons. The predicted octanol–water partition coefficient (Wildman–Crippen LogP) is 15.5. The van der Waals surface area contributed by atoms with Crippen LogP contribution in [-0.4, -0.2) is 0 Å². The lowest BCUT2D eigenvalue weighted by Gasteiger charge is -2.27. The van der Waals surface area contributed by atoms with Gasteiger partial charge in [-0.05, 0) is 167 Å². The largest absolute Gasteiger partial charge is 0.310 e. The Hall–Kier alpha value is -4.70. The molecule has 0 atom stereocenters. The van der Waals surface area contributed by atoms with E-state index < -0.39 is 0 Å². The number of halogens is 2. The van der Waals surface area contributed by atoms with E-state index in [4.69, 9.17) is 0 Å². The van der Waals surface area contributed by atoms with Crippen molar-refractivity contribution >= 4 is 48.9 Å². The highest BCUT2D eigenvalue weighted by atomic mass is 79.9. The normalized spacial score (nSPS) is 11.1. The second-order valence-corrected chi connectivity index (χ2v) is 15.7. The van der Waals surface area contributed by atoms with E-state index in [0.717, 1.165) is 38.8 Å². The smallest absolute Gasteiger partial charge is 0.0464 e. The molecule has 7 aromatic rings. The Kier molecular flexibility index (Phi) is 10.6. The number of anilines is 3. The molecule has 3 heteroatoms. The number of benzene rings is 7. The summed E-state index contributed by atoms with van der Waals surface area (Å²) in [5, 5.41) is 0. The van der Waals surface area contributed by atoms with Crippen LogP contribution in [0.25, 0.3) is 44.5 Å². The lowest BCUT2D eigenvalue weighted by Crippen LogP contribution is -2.10. The van der Waals surface area contributed by atoms with Gasteiger partial charge in [0.25, 0.3) is 0 Å². The van der Waals surface area contributed by atoms with Crippen molar-refractivity contribution in [1.82, 2.24) is 0 Å². The fourth-order valence-corrected chi connectivity index (χ4v) is 8.00. The van der Waals surface area contributed by atoms with E-state index in [2.05, 4.69) is 217 Å². The number of aryl methyl sites for hydroxylation is 5. The van der Waals surface area contributed by atoms with Crippen molar-refractivity contribution in [2.24, 2.45) is 0 Å². The van der Waals surface area contributed by atoms with Crippen LogP contribution in [-0.2, 0) is 6.42 Å². The maximum Gasteiger partial charge on any atom is 0.0464 e. The van der Waals surface area contributed by atoms with E-state index in [1.165, 1.54) is 72.3 Å². The van der Waals surface area contributed by atoms with Crippen LogP contribution in [0.1, 0.15) is 41.2 Å². The zero-order valence-corrected chi connectivity index (χ0v) is 33.6. The van der Waals surface area contributed by atoms with E-state index in [0.29, 0.717) is 0 Å². The van der Waals surface area contributed by atoms with E-state index in [9.17, 15) is 0 Å². The molecule has 0 N–H and O–H groups in total. The Morgan fingerprint density at radius 2 is 0.769 bits per heavy atom.